The van der Waals surface area contributed by atoms with Crippen molar-refractivity contribution in [1.29, 1.82) is 0 Å². The van der Waals surface area contributed by atoms with Crippen molar-refractivity contribution in [2.45, 2.75) is 39.7 Å². The summed E-state index contributed by atoms with van der Waals surface area (Å²) in [6.07, 6.45) is 4.42. The maximum atomic E-state index is 4.52. The highest BCUT2D eigenvalue weighted by Gasteiger charge is 2.06. The van der Waals surface area contributed by atoms with Crippen molar-refractivity contribution in [2.24, 2.45) is 0 Å². The monoisotopic (exact) mass is 235 g/mol. The minimum atomic E-state index is 0.377. The number of nitrogens with zero attached hydrogens (tertiary/aromatic N) is 2. The molecule has 0 radical (unpaired) electrons. The molecule has 1 unspecified atom stereocenters. The standard InChI is InChI=1S/C14H25N3/c1-5-7-10-17(4)14-9-8-13(11-16-14)12(3)15-6-2/h8-9,11-12,15H,5-7,10H2,1-4H3. The third-order valence-corrected chi connectivity index (χ3v) is 3.02. The minimum absolute atomic E-state index is 0.377. The van der Waals surface area contributed by atoms with Gasteiger partial charge < -0.3 is 10.2 Å². The van der Waals surface area contributed by atoms with Gasteiger partial charge in [-0.2, -0.15) is 0 Å². The highest BCUT2D eigenvalue weighted by molar-refractivity contribution is 5.38. The summed E-state index contributed by atoms with van der Waals surface area (Å²) in [5.74, 6) is 1.06. The van der Waals surface area contributed by atoms with Crippen LogP contribution in [0.5, 0.6) is 0 Å². The third kappa shape index (κ3) is 4.35. The molecule has 17 heavy (non-hydrogen) atoms. The topological polar surface area (TPSA) is 28.2 Å². The van der Waals surface area contributed by atoms with Crippen LogP contribution in [0.4, 0.5) is 5.82 Å². The van der Waals surface area contributed by atoms with E-state index in [9.17, 15) is 0 Å². The molecular weight excluding hydrogens is 210 g/mol. The van der Waals surface area contributed by atoms with Crippen LogP contribution in [-0.4, -0.2) is 25.1 Å². The Balaban J connectivity index is 2.60. The summed E-state index contributed by atoms with van der Waals surface area (Å²) in [4.78, 5) is 6.73. The van der Waals surface area contributed by atoms with Crippen molar-refractivity contribution >= 4 is 5.82 Å². The molecule has 0 bridgehead atoms. The summed E-state index contributed by atoms with van der Waals surface area (Å²) in [7, 11) is 2.10. The zero-order valence-corrected chi connectivity index (χ0v) is 11.5. The number of aromatic nitrogens is 1. The molecule has 0 fully saturated rings. The first-order valence-corrected chi connectivity index (χ1v) is 6.59. The number of pyridine rings is 1. The van der Waals surface area contributed by atoms with Gasteiger partial charge in [-0.1, -0.05) is 26.3 Å². The number of unbranched alkanes of at least 4 members (excludes halogenated alkanes) is 1. The summed E-state index contributed by atoms with van der Waals surface area (Å²) in [6, 6.07) is 4.65. The van der Waals surface area contributed by atoms with E-state index in [1.54, 1.807) is 0 Å². The summed E-state index contributed by atoms with van der Waals surface area (Å²) in [5, 5.41) is 3.39. The van der Waals surface area contributed by atoms with Crippen LogP contribution in [0.2, 0.25) is 0 Å². The first-order chi connectivity index (χ1) is 8.19. The van der Waals surface area contributed by atoms with Gasteiger partial charge in [0.25, 0.3) is 0 Å². The second-order valence-corrected chi connectivity index (χ2v) is 4.50. The normalized spacial score (nSPS) is 12.5. The fourth-order valence-electron chi connectivity index (χ4n) is 1.81. The van der Waals surface area contributed by atoms with Gasteiger partial charge >= 0.3 is 0 Å². The third-order valence-electron chi connectivity index (χ3n) is 3.02. The molecule has 0 aliphatic carbocycles. The molecule has 0 saturated heterocycles. The molecule has 1 aromatic heterocycles. The second-order valence-electron chi connectivity index (χ2n) is 4.50. The van der Waals surface area contributed by atoms with Gasteiger partial charge in [0.05, 0.1) is 0 Å². The van der Waals surface area contributed by atoms with Crippen molar-refractivity contribution in [2.75, 3.05) is 25.0 Å². The highest BCUT2D eigenvalue weighted by atomic mass is 15.2. The number of anilines is 1. The molecule has 96 valence electrons. The van der Waals surface area contributed by atoms with Crippen LogP contribution < -0.4 is 10.2 Å². The smallest absolute Gasteiger partial charge is 0.128 e. The van der Waals surface area contributed by atoms with Crippen LogP contribution in [0.25, 0.3) is 0 Å². The maximum Gasteiger partial charge on any atom is 0.128 e. The first kappa shape index (κ1) is 14.0. The Morgan fingerprint density at radius 2 is 2.12 bits per heavy atom. The molecular formula is C14H25N3. The molecule has 0 saturated carbocycles. The summed E-state index contributed by atoms with van der Waals surface area (Å²) >= 11 is 0. The molecule has 1 rings (SSSR count). The van der Waals surface area contributed by atoms with E-state index in [0.29, 0.717) is 6.04 Å². The van der Waals surface area contributed by atoms with Gasteiger partial charge in [0.15, 0.2) is 0 Å². The molecule has 0 amide bonds. The van der Waals surface area contributed by atoms with Gasteiger partial charge in [-0.05, 0) is 31.5 Å². The van der Waals surface area contributed by atoms with Crippen molar-refractivity contribution < 1.29 is 0 Å². The van der Waals surface area contributed by atoms with E-state index in [4.69, 9.17) is 0 Å². The van der Waals surface area contributed by atoms with Crippen molar-refractivity contribution in [3.05, 3.63) is 23.9 Å². The molecule has 1 N–H and O–H groups in total. The van der Waals surface area contributed by atoms with Gasteiger partial charge in [0.2, 0.25) is 0 Å². The summed E-state index contributed by atoms with van der Waals surface area (Å²) in [5.41, 5.74) is 1.25. The molecule has 0 aromatic carbocycles. The van der Waals surface area contributed by atoms with E-state index in [1.165, 1.54) is 18.4 Å². The Morgan fingerprint density at radius 1 is 1.35 bits per heavy atom. The van der Waals surface area contributed by atoms with E-state index in [-0.39, 0.29) is 0 Å². The number of nitrogens with one attached hydrogen (secondary N) is 1. The fraction of sp³-hybridized carbons (Fsp3) is 0.643. The lowest BCUT2D eigenvalue weighted by Gasteiger charge is -2.19. The average Bonchev–Trinajstić information content (AvgIpc) is 2.36. The van der Waals surface area contributed by atoms with Crippen LogP contribution in [0.1, 0.15) is 45.2 Å². The Kier molecular flexibility index (Phi) is 5.98. The Bertz CT molecular complexity index is 308. The second kappa shape index (κ2) is 7.28. The average molecular weight is 235 g/mol. The maximum absolute atomic E-state index is 4.52. The molecule has 1 aromatic rings. The SMILES string of the molecule is CCCCN(C)c1ccc(C(C)NCC)cn1. The van der Waals surface area contributed by atoms with Gasteiger partial charge in [-0.15, -0.1) is 0 Å². The molecule has 3 heteroatoms. The van der Waals surface area contributed by atoms with Crippen LogP contribution in [-0.2, 0) is 0 Å². The van der Waals surface area contributed by atoms with E-state index < -0.39 is 0 Å². The molecule has 0 spiro atoms. The number of hydrogen-bond donors (Lipinski definition) is 1. The van der Waals surface area contributed by atoms with Crippen LogP contribution in [0.3, 0.4) is 0 Å². The van der Waals surface area contributed by atoms with E-state index in [2.05, 4.69) is 55.2 Å². The van der Waals surface area contributed by atoms with Crippen molar-refractivity contribution in [3.63, 3.8) is 0 Å². The molecule has 0 aliphatic heterocycles. The molecule has 3 nitrogen and oxygen atoms in total. The predicted molar refractivity (Wildman–Crippen MR) is 74.5 cm³/mol. The number of rotatable bonds is 7. The predicted octanol–water partition coefficient (Wildman–Crippen LogP) is 2.99. The lowest BCUT2D eigenvalue weighted by atomic mass is 10.1. The van der Waals surface area contributed by atoms with E-state index >= 15 is 0 Å². The largest absolute Gasteiger partial charge is 0.360 e. The Labute approximate surface area is 105 Å². The summed E-state index contributed by atoms with van der Waals surface area (Å²) < 4.78 is 0. The molecule has 0 aliphatic rings. The number of hydrogen-bond acceptors (Lipinski definition) is 3. The van der Waals surface area contributed by atoms with Crippen molar-refractivity contribution in [1.82, 2.24) is 10.3 Å². The van der Waals surface area contributed by atoms with Crippen LogP contribution >= 0.6 is 0 Å². The Hall–Kier alpha value is -1.09. The van der Waals surface area contributed by atoms with Crippen molar-refractivity contribution in [3.8, 4) is 0 Å². The minimum Gasteiger partial charge on any atom is -0.360 e. The summed E-state index contributed by atoms with van der Waals surface area (Å²) in [6.45, 7) is 8.56. The lowest BCUT2D eigenvalue weighted by Crippen LogP contribution is -2.21. The van der Waals surface area contributed by atoms with Crippen LogP contribution in [0.15, 0.2) is 18.3 Å². The molecule has 1 atom stereocenters. The quantitative estimate of drug-likeness (QED) is 0.787. The van der Waals surface area contributed by atoms with E-state index in [1.807, 2.05) is 6.20 Å². The van der Waals surface area contributed by atoms with Gasteiger partial charge in [-0.3, -0.25) is 0 Å². The van der Waals surface area contributed by atoms with E-state index in [0.717, 1.165) is 18.9 Å². The highest BCUT2D eigenvalue weighted by Crippen LogP contribution is 2.15. The lowest BCUT2D eigenvalue weighted by molar-refractivity contribution is 0.596. The zero-order chi connectivity index (χ0) is 12.7. The molecule has 1 heterocycles. The van der Waals surface area contributed by atoms with Gasteiger partial charge in [0, 0.05) is 25.8 Å². The first-order valence-electron chi connectivity index (χ1n) is 6.59. The van der Waals surface area contributed by atoms with Gasteiger partial charge in [0.1, 0.15) is 5.82 Å². The Morgan fingerprint density at radius 3 is 2.65 bits per heavy atom. The van der Waals surface area contributed by atoms with Crippen LogP contribution in [0, 0.1) is 0 Å². The zero-order valence-electron chi connectivity index (χ0n) is 11.5. The van der Waals surface area contributed by atoms with Gasteiger partial charge in [-0.25, -0.2) is 4.98 Å². The fourth-order valence-corrected chi connectivity index (χ4v) is 1.81.